The van der Waals surface area contributed by atoms with Crippen molar-refractivity contribution in [1.29, 1.82) is 0 Å². The first kappa shape index (κ1) is 20.0. The Kier molecular flexibility index (Phi) is 6.60. The van der Waals surface area contributed by atoms with Gasteiger partial charge in [-0.2, -0.15) is 0 Å². The summed E-state index contributed by atoms with van der Waals surface area (Å²) in [7, 11) is 4.93. The van der Waals surface area contributed by atoms with E-state index in [0.29, 0.717) is 36.1 Å². The summed E-state index contributed by atoms with van der Waals surface area (Å²) in [6.45, 7) is 3.05. The van der Waals surface area contributed by atoms with Crippen molar-refractivity contribution in [3.8, 4) is 11.5 Å². The van der Waals surface area contributed by atoms with Crippen molar-refractivity contribution in [3.63, 3.8) is 0 Å². The van der Waals surface area contributed by atoms with Crippen LogP contribution in [0.5, 0.6) is 11.5 Å². The quantitative estimate of drug-likeness (QED) is 0.762. The smallest absolute Gasteiger partial charge is 0.257 e. The van der Waals surface area contributed by atoms with Crippen LogP contribution in [-0.2, 0) is 9.47 Å². The zero-order valence-electron chi connectivity index (χ0n) is 16.7. The molecule has 1 amide bonds. The van der Waals surface area contributed by atoms with E-state index < -0.39 is 0 Å². The standard InChI is InChI=1S/C21H31NO5/c1-24-12-6-16-7-13-27-21(15-16)8-10-22(11-9-21)20(23)18-5-4-17(25-2)14-19(18)26-3/h4-5,14,16H,6-13,15H2,1-3H3. The molecule has 2 fully saturated rings. The van der Waals surface area contributed by atoms with Crippen LogP contribution in [0.25, 0.3) is 0 Å². The van der Waals surface area contributed by atoms with Gasteiger partial charge in [0.05, 0.1) is 25.4 Å². The Balaban J connectivity index is 1.62. The summed E-state index contributed by atoms with van der Waals surface area (Å²) in [5.41, 5.74) is 0.508. The van der Waals surface area contributed by atoms with Crippen LogP contribution < -0.4 is 9.47 Å². The molecular weight excluding hydrogens is 346 g/mol. The van der Waals surface area contributed by atoms with Crippen molar-refractivity contribution in [3.05, 3.63) is 23.8 Å². The number of rotatable bonds is 6. The van der Waals surface area contributed by atoms with E-state index in [9.17, 15) is 4.79 Å². The average Bonchev–Trinajstić information content (AvgIpc) is 2.72. The molecule has 1 aromatic rings. The Hall–Kier alpha value is -1.79. The number of ether oxygens (including phenoxy) is 4. The van der Waals surface area contributed by atoms with Crippen LogP contribution in [-0.4, -0.2) is 64.0 Å². The van der Waals surface area contributed by atoms with Crippen LogP contribution in [0.1, 0.15) is 42.5 Å². The predicted molar refractivity (Wildman–Crippen MR) is 103 cm³/mol. The first-order valence-electron chi connectivity index (χ1n) is 9.75. The van der Waals surface area contributed by atoms with Crippen LogP contribution in [0.15, 0.2) is 18.2 Å². The molecule has 6 nitrogen and oxygen atoms in total. The fraction of sp³-hybridized carbons (Fsp3) is 0.667. The van der Waals surface area contributed by atoms with Crippen molar-refractivity contribution in [2.75, 3.05) is 47.6 Å². The van der Waals surface area contributed by atoms with Gasteiger partial charge in [-0.3, -0.25) is 4.79 Å². The second-order valence-electron chi connectivity index (χ2n) is 7.53. The van der Waals surface area contributed by atoms with Gasteiger partial charge in [-0.15, -0.1) is 0 Å². The van der Waals surface area contributed by atoms with E-state index in [1.165, 1.54) is 0 Å². The van der Waals surface area contributed by atoms with Crippen molar-refractivity contribution >= 4 is 5.91 Å². The Bertz CT molecular complexity index is 639. The van der Waals surface area contributed by atoms with E-state index in [4.69, 9.17) is 18.9 Å². The minimum atomic E-state index is -0.0720. The number of hydrogen-bond donors (Lipinski definition) is 0. The third-order valence-electron chi connectivity index (χ3n) is 5.93. The molecule has 0 aromatic heterocycles. The van der Waals surface area contributed by atoms with E-state index >= 15 is 0 Å². The molecule has 0 radical (unpaired) electrons. The number of piperidine rings is 1. The molecule has 1 unspecified atom stereocenters. The molecule has 2 aliphatic rings. The SMILES string of the molecule is COCCC1CCOC2(CCN(C(=O)c3ccc(OC)cc3OC)CC2)C1. The zero-order chi connectivity index (χ0) is 19.3. The van der Waals surface area contributed by atoms with E-state index in [0.717, 1.165) is 45.3 Å². The number of amides is 1. The third-order valence-corrected chi connectivity index (χ3v) is 5.93. The molecule has 1 spiro atoms. The van der Waals surface area contributed by atoms with Gasteiger partial charge in [-0.25, -0.2) is 0 Å². The van der Waals surface area contributed by atoms with Crippen LogP contribution in [0.2, 0.25) is 0 Å². The van der Waals surface area contributed by atoms with Crippen molar-refractivity contribution in [1.82, 2.24) is 4.90 Å². The van der Waals surface area contributed by atoms with E-state index in [1.807, 2.05) is 4.90 Å². The fourth-order valence-electron chi connectivity index (χ4n) is 4.27. The highest BCUT2D eigenvalue weighted by atomic mass is 16.5. The Morgan fingerprint density at radius 3 is 2.67 bits per heavy atom. The minimum absolute atomic E-state index is 0.0103. The van der Waals surface area contributed by atoms with Crippen molar-refractivity contribution < 1.29 is 23.7 Å². The Morgan fingerprint density at radius 2 is 2.00 bits per heavy atom. The number of hydrogen-bond acceptors (Lipinski definition) is 5. The second kappa shape index (κ2) is 8.93. The Labute approximate surface area is 161 Å². The number of carbonyl (C=O) groups is 1. The van der Waals surface area contributed by atoms with Gasteiger partial charge in [-0.1, -0.05) is 0 Å². The number of nitrogens with zero attached hydrogens (tertiary/aromatic N) is 1. The number of likely N-dealkylation sites (tertiary alicyclic amines) is 1. The highest BCUT2D eigenvalue weighted by Gasteiger charge is 2.41. The second-order valence-corrected chi connectivity index (χ2v) is 7.53. The molecule has 3 rings (SSSR count). The maximum Gasteiger partial charge on any atom is 0.257 e. The summed E-state index contributed by atoms with van der Waals surface area (Å²) >= 11 is 0. The zero-order valence-corrected chi connectivity index (χ0v) is 16.7. The lowest BCUT2D eigenvalue weighted by atomic mass is 9.78. The number of benzene rings is 1. The first-order chi connectivity index (χ1) is 13.1. The normalized spacial score (nSPS) is 21.9. The van der Waals surface area contributed by atoms with Gasteiger partial charge in [0, 0.05) is 39.5 Å². The number of carbonyl (C=O) groups excluding carboxylic acids is 1. The van der Waals surface area contributed by atoms with Crippen LogP contribution in [0.3, 0.4) is 0 Å². The summed E-state index contributed by atoms with van der Waals surface area (Å²) in [4.78, 5) is 14.9. The fourth-order valence-corrected chi connectivity index (χ4v) is 4.27. The molecule has 2 aliphatic heterocycles. The molecular formula is C21H31NO5. The molecule has 27 heavy (non-hydrogen) atoms. The molecule has 1 atom stereocenters. The summed E-state index contributed by atoms with van der Waals surface area (Å²) in [6, 6.07) is 5.33. The summed E-state index contributed by atoms with van der Waals surface area (Å²) in [6.07, 6.45) is 5.05. The van der Waals surface area contributed by atoms with E-state index in [1.54, 1.807) is 39.5 Å². The molecule has 0 saturated carbocycles. The molecule has 1 aromatic carbocycles. The largest absolute Gasteiger partial charge is 0.497 e. The van der Waals surface area contributed by atoms with Crippen molar-refractivity contribution in [2.24, 2.45) is 5.92 Å². The highest BCUT2D eigenvalue weighted by Crippen LogP contribution is 2.39. The molecule has 0 N–H and O–H groups in total. The van der Waals surface area contributed by atoms with Crippen LogP contribution in [0, 0.1) is 5.92 Å². The summed E-state index contributed by atoms with van der Waals surface area (Å²) in [5.74, 6) is 1.89. The highest BCUT2D eigenvalue weighted by molar-refractivity contribution is 5.97. The maximum absolute atomic E-state index is 13.0. The Morgan fingerprint density at radius 1 is 1.22 bits per heavy atom. The molecule has 0 aliphatic carbocycles. The monoisotopic (exact) mass is 377 g/mol. The predicted octanol–water partition coefficient (Wildman–Crippen LogP) is 3.14. The third kappa shape index (κ3) is 4.55. The van der Waals surface area contributed by atoms with Crippen LogP contribution >= 0.6 is 0 Å². The first-order valence-corrected chi connectivity index (χ1v) is 9.75. The van der Waals surface area contributed by atoms with Gasteiger partial charge >= 0.3 is 0 Å². The lowest BCUT2D eigenvalue weighted by Crippen LogP contribution is -2.50. The number of methoxy groups -OCH3 is 3. The average molecular weight is 377 g/mol. The molecule has 2 saturated heterocycles. The van der Waals surface area contributed by atoms with E-state index in [2.05, 4.69) is 0 Å². The van der Waals surface area contributed by atoms with Gasteiger partial charge < -0.3 is 23.8 Å². The lowest BCUT2D eigenvalue weighted by Gasteiger charge is -2.46. The van der Waals surface area contributed by atoms with Crippen LogP contribution in [0.4, 0.5) is 0 Å². The van der Waals surface area contributed by atoms with Gasteiger partial charge in [0.15, 0.2) is 0 Å². The van der Waals surface area contributed by atoms with Gasteiger partial charge in [0.25, 0.3) is 5.91 Å². The van der Waals surface area contributed by atoms with Crippen molar-refractivity contribution in [2.45, 2.75) is 37.7 Å². The van der Waals surface area contributed by atoms with Gasteiger partial charge in [0.1, 0.15) is 11.5 Å². The minimum Gasteiger partial charge on any atom is -0.497 e. The molecule has 150 valence electrons. The van der Waals surface area contributed by atoms with E-state index in [-0.39, 0.29) is 11.5 Å². The lowest BCUT2D eigenvalue weighted by molar-refractivity contribution is -0.125. The van der Waals surface area contributed by atoms with Gasteiger partial charge in [0.2, 0.25) is 0 Å². The molecule has 6 heteroatoms. The molecule has 0 bridgehead atoms. The summed E-state index contributed by atoms with van der Waals surface area (Å²) < 4.78 is 22.1. The summed E-state index contributed by atoms with van der Waals surface area (Å²) in [5, 5.41) is 0. The maximum atomic E-state index is 13.0. The van der Waals surface area contributed by atoms with Gasteiger partial charge in [-0.05, 0) is 50.2 Å². The molecule has 2 heterocycles. The topological polar surface area (TPSA) is 57.2 Å².